The van der Waals surface area contributed by atoms with Crippen molar-refractivity contribution in [2.75, 3.05) is 11.9 Å². The zero-order valence-corrected chi connectivity index (χ0v) is 13.7. The third-order valence-electron chi connectivity index (χ3n) is 3.24. The molecule has 26 heavy (non-hydrogen) atoms. The minimum absolute atomic E-state index is 0.0308. The van der Waals surface area contributed by atoms with Crippen molar-refractivity contribution in [3.63, 3.8) is 0 Å². The van der Waals surface area contributed by atoms with Gasteiger partial charge >= 0.3 is 5.97 Å². The van der Waals surface area contributed by atoms with E-state index in [9.17, 15) is 23.2 Å². The first kappa shape index (κ1) is 19.0. The Balaban J connectivity index is 1.82. The molecule has 0 aromatic heterocycles. The average molecular weight is 363 g/mol. The van der Waals surface area contributed by atoms with Crippen LogP contribution in [0.2, 0.25) is 0 Å². The van der Waals surface area contributed by atoms with Crippen molar-refractivity contribution < 1.29 is 32.6 Å². The van der Waals surface area contributed by atoms with Gasteiger partial charge in [-0.2, -0.15) is 0 Å². The second kappa shape index (κ2) is 8.70. The monoisotopic (exact) mass is 363 g/mol. The largest absolute Gasteiger partial charge is 0.482 e. The molecule has 0 unspecified atom stereocenters. The van der Waals surface area contributed by atoms with E-state index >= 15 is 0 Å². The Morgan fingerprint density at radius 3 is 2.42 bits per heavy atom. The van der Waals surface area contributed by atoms with E-state index in [1.165, 1.54) is 37.3 Å². The average Bonchev–Trinajstić information content (AvgIpc) is 2.63. The van der Waals surface area contributed by atoms with Crippen LogP contribution in [0, 0.1) is 11.6 Å². The van der Waals surface area contributed by atoms with Gasteiger partial charge in [0.2, 0.25) is 0 Å². The van der Waals surface area contributed by atoms with Gasteiger partial charge in [-0.1, -0.05) is 0 Å². The van der Waals surface area contributed by atoms with Crippen molar-refractivity contribution in [2.24, 2.45) is 0 Å². The fourth-order valence-corrected chi connectivity index (χ4v) is 1.89. The Morgan fingerprint density at radius 2 is 1.81 bits per heavy atom. The van der Waals surface area contributed by atoms with Crippen LogP contribution in [0.15, 0.2) is 42.5 Å². The van der Waals surface area contributed by atoms with Crippen LogP contribution in [0.25, 0.3) is 0 Å². The Hall–Kier alpha value is -3.29. The van der Waals surface area contributed by atoms with Crippen LogP contribution in [-0.4, -0.2) is 30.9 Å². The first-order valence-corrected chi connectivity index (χ1v) is 7.52. The molecule has 0 aliphatic heterocycles. The summed E-state index contributed by atoms with van der Waals surface area (Å²) in [6.07, 6.45) is -0.498. The van der Waals surface area contributed by atoms with E-state index in [0.29, 0.717) is 17.6 Å². The molecule has 0 aliphatic rings. The maximum absolute atomic E-state index is 13.1. The Labute approximate surface area is 147 Å². The lowest BCUT2D eigenvalue weighted by Crippen LogP contribution is -2.31. The number of hydrogen-bond donors (Lipinski definition) is 1. The van der Waals surface area contributed by atoms with Crippen LogP contribution < -0.4 is 10.1 Å². The summed E-state index contributed by atoms with van der Waals surface area (Å²) in [5.41, 5.74) is 0.491. The van der Waals surface area contributed by atoms with E-state index in [2.05, 4.69) is 5.32 Å². The highest BCUT2D eigenvalue weighted by atomic mass is 19.2. The molecule has 0 saturated heterocycles. The van der Waals surface area contributed by atoms with E-state index in [1.54, 1.807) is 0 Å². The minimum Gasteiger partial charge on any atom is -0.482 e. The number of benzene rings is 2. The molecule has 0 spiro atoms. The molecule has 1 atom stereocenters. The number of halogens is 2. The number of carbonyl (C=O) groups is 3. The zero-order valence-electron chi connectivity index (χ0n) is 13.7. The van der Waals surface area contributed by atoms with Crippen LogP contribution in [0.4, 0.5) is 14.5 Å². The molecule has 0 radical (unpaired) electrons. The molecule has 0 bridgehead atoms. The van der Waals surface area contributed by atoms with Crippen LogP contribution in [-0.2, 0) is 14.3 Å². The van der Waals surface area contributed by atoms with Crippen molar-refractivity contribution in [3.8, 4) is 5.75 Å². The predicted octanol–water partition coefficient (Wildman–Crippen LogP) is 2.73. The van der Waals surface area contributed by atoms with E-state index in [4.69, 9.17) is 9.47 Å². The lowest BCUT2D eigenvalue weighted by molar-refractivity contribution is -0.155. The summed E-state index contributed by atoms with van der Waals surface area (Å²) in [5.74, 6) is -3.30. The lowest BCUT2D eigenvalue weighted by Gasteiger charge is -2.14. The highest BCUT2D eigenvalue weighted by Gasteiger charge is 2.19. The molecule has 2 aromatic rings. The second-order valence-corrected chi connectivity index (χ2v) is 5.23. The van der Waals surface area contributed by atoms with Crippen molar-refractivity contribution in [3.05, 3.63) is 59.7 Å². The smallest absolute Gasteiger partial charge is 0.344 e. The van der Waals surface area contributed by atoms with Crippen LogP contribution >= 0.6 is 0 Å². The van der Waals surface area contributed by atoms with Crippen molar-refractivity contribution in [1.29, 1.82) is 0 Å². The molecule has 0 saturated carbocycles. The normalized spacial score (nSPS) is 11.3. The number of ether oxygens (including phenoxy) is 2. The Kier molecular flexibility index (Phi) is 6.37. The third-order valence-corrected chi connectivity index (χ3v) is 3.24. The Morgan fingerprint density at radius 1 is 1.12 bits per heavy atom. The topological polar surface area (TPSA) is 81.7 Å². The van der Waals surface area contributed by atoms with Gasteiger partial charge < -0.3 is 14.8 Å². The van der Waals surface area contributed by atoms with Gasteiger partial charge in [0, 0.05) is 17.3 Å². The van der Waals surface area contributed by atoms with Crippen molar-refractivity contribution >= 4 is 23.9 Å². The lowest BCUT2D eigenvalue weighted by atomic mass is 10.2. The number of rotatable bonds is 7. The summed E-state index contributed by atoms with van der Waals surface area (Å²) < 4.78 is 36.0. The molecule has 1 N–H and O–H groups in total. The van der Waals surface area contributed by atoms with E-state index in [-0.39, 0.29) is 5.69 Å². The molecule has 2 rings (SSSR count). The molecule has 0 heterocycles. The number of aldehydes is 1. The van der Waals surface area contributed by atoms with Crippen LogP contribution in [0.1, 0.15) is 17.3 Å². The van der Waals surface area contributed by atoms with Crippen molar-refractivity contribution in [2.45, 2.75) is 13.0 Å². The number of nitrogens with one attached hydrogen (secondary N) is 1. The van der Waals surface area contributed by atoms with Gasteiger partial charge in [0.1, 0.15) is 12.0 Å². The quantitative estimate of drug-likeness (QED) is 0.604. The molecule has 0 aliphatic carbocycles. The van der Waals surface area contributed by atoms with Gasteiger partial charge in [0.05, 0.1) is 0 Å². The standard InChI is InChI=1S/C18H15F2NO5/c1-11(18(24)21-13-4-7-15(19)16(20)8-13)26-17(23)10-25-14-5-2-12(9-22)3-6-14/h2-9,11H,10H2,1H3,(H,21,24)/t11-/m0/s1. The van der Waals surface area contributed by atoms with Crippen LogP contribution in [0.3, 0.4) is 0 Å². The molecule has 6 nitrogen and oxygen atoms in total. The highest BCUT2D eigenvalue weighted by Crippen LogP contribution is 2.14. The predicted molar refractivity (Wildman–Crippen MR) is 87.9 cm³/mol. The second-order valence-electron chi connectivity index (χ2n) is 5.23. The summed E-state index contributed by atoms with van der Waals surface area (Å²) in [4.78, 5) is 34.2. The van der Waals surface area contributed by atoms with Gasteiger partial charge in [0.15, 0.2) is 24.3 Å². The van der Waals surface area contributed by atoms with Crippen molar-refractivity contribution in [1.82, 2.24) is 0 Å². The zero-order chi connectivity index (χ0) is 19.1. The van der Waals surface area contributed by atoms with Gasteiger partial charge in [-0.15, -0.1) is 0 Å². The minimum atomic E-state index is -1.17. The molecule has 0 fully saturated rings. The third kappa shape index (κ3) is 5.37. The maximum atomic E-state index is 13.1. The Bertz CT molecular complexity index is 808. The van der Waals surface area contributed by atoms with Gasteiger partial charge in [0.25, 0.3) is 5.91 Å². The fraction of sp³-hybridized carbons (Fsp3) is 0.167. The highest BCUT2D eigenvalue weighted by molar-refractivity contribution is 5.95. The fourth-order valence-electron chi connectivity index (χ4n) is 1.89. The SMILES string of the molecule is C[C@H](OC(=O)COc1ccc(C=O)cc1)C(=O)Nc1ccc(F)c(F)c1. The summed E-state index contributed by atoms with van der Waals surface area (Å²) in [7, 11) is 0. The van der Waals surface area contributed by atoms with Gasteiger partial charge in [-0.05, 0) is 43.3 Å². The molecular weight excluding hydrogens is 348 g/mol. The summed E-state index contributed by atoms with van der Waals surface area (Å²) in [6.45, 7) is 0.884. The number of hydrogen-bond acceptors (Lipinski definition) is 5. The molecule has 8 heteroatoms. The van der Waals surface area contributed by atoms with Crippen LogP contribution in [0.5, 0.6) is 5.75 Å². The van der Waals surface area contributed by atoms with Gasteiger partial charge in [-0.25, -0.2) is 13.6 Å². The molecule has 2 aromatic carbocycles. The van der Waals surface area contributed by atoms with E-state index < -0.39 is 36.2 Å². The summed E-state index contributed by atoms with van der Waals surface area (Å²) in [5, 5.41) is 2.30. The first-order valence-electron chi connectivity index (χ1n) is 7.52. The summed E-state index contributed by atoms with van der Waals surface area (Å²) >= 11 is 0. The number of anilines is 1. The molecule has 1 amide bonds. The molecule has 136 valence electrons. The summed E-state index contributed by atoms with van der Waals surface area (Å²) in [6, 6.07) is 8.92. The number of carbonyl (C=O) groups excluding carboxylic acids is 3. The number of amides is 1. The number of esters is 1. The van der Waals surface area contributed by atoms with Gasteiger partial charge in [-0.3, -0.25) is 9.59 Å². The molecular formula is C18H15F2NO5. The first-order chi connectivity index (χ1) is 12.4. The van der Waals surface area contributed by atoms with E-state index in [0.717, 1.165) is 12.1 Å². The van der Waals surface area contributed by atoms with E-state index in [1.807, 2.05) is 0 Å². The maximum Gasteiger partial charge on any atom is 0.344 e.